The number of hydrogen-bond donors (Lipinski definition) is 0. The molecule has 2 amide bonds. The van der Waals surface area contributed by atoms with Crippen molar-refractivity contribution in [1.82, 2.24) is 9.80 Å². The summed E-state index contributed by atoms with van der Waals surface area (Å²) in [6.45, 7) is 7.47. The smallest absolute Gasteiger partial charge is 0.269 e. The van der Waals surface area contributed by atoms with E-state index >= 15 is 0 Å². The molecular formula is C29H34N4O4. The summed E-state index contributed by atoms with van der Waals surface area (Å²) in [5.41, 5.74) is 1.96. The van der Waals surface area contributed by atoms with Gasteiger partial charge in [0, 0.05) is 29.9 Å². The second kappa shape index (κ2) is 13.9. The lowest BCUT2D eigenvalue weighted by Gasteiger charge is -2.29. The van der Waals surface area contributed by atoms with Gasteiger partial charge in [-0.05, 0) is 55.9 Å². The molecule has 0 heterocycles. The van der Waals surface area contributed by atoms with E-state index in [0.717, 1.165) is 30.9 Å². The van der Waals surface area contributed by atoms with Crippen molar-refractivity contribution in [1.29, 1.82) is 0 Å². The van der Waals surface area contributed by atoms with Gasteiger partial charge in [-0.2, -0.15) is 0 Å². The van der Waals surface area contributed by atoms with Crippen LogP contribution in [0.2, 0.25) is 0 Å². The van der Waals surface area contributed by atoms with Gasteiger partial charge in [-0.3, -0.25) is 19.7 Å². The fraction of sp³-hybridized carbons (Fsp3) is 0.310. The van der Waals surface area contributed by atoms with Crippen molar-refractivity contribution >= 4 is 23.2 Å². The number of anilines is 1. The Hall–Kier alpha value is -4.04. The Bertz CT molecular complexity index is 1150. The lowest BCUT2D eigenvalue weighted by molar-refractivity contribution is -0.384. The molecule has 0 saturated heterocycles. The zero-order valence-electron chi connectivity index (χ0n) is 21.5. The highest BCUT2D eigenvalue weighted by atomic mass is 16.6. The normalized spacial score (nSPS) is 10.8. The van der Waals surface area contributed by atoms with Crippen LogP contribution in [0.25, 0.3) is 0 Å². The predicted octanol–water partition coefficient (Wildman–Crippen LogP) is 5.00. The minimum atomic E-state index is -0.499. The molecule has 0 aliphatic heterocycles. The van der Waals surface area contributed by atoms with Gasteiger partial charge < -0.3 is 14.7 Å². The maximum Gasteiger partial charge on any atom is 0.269 e. The summed E-state index contributed by atoms with van der Waals surface area (Å²) in [7, 11) is 0. The Kier molecular flexibility index (Phi) is 10.3. The number of para-hydroxylation sites is 1. The van der Waals surface area contributed by atoms with Crippen molar-refractivity contribution in [2.45, 2.75) is 26.8 Å². The van der Waals surface area contributed by atoms with Gasteiger partial charge in [0.2, 0.25) is 5.91 Å². The van der Waals surface area contributed by atoms with Crippen molar-refractivity contribution in [2.75, 3.05) is 37.6 Å². The molecule has 0 saturated carbocycles. The molecule has 194 valence electrons. The molecule has 8 nitrogen and oxygen atoms in total. The Labute approximate surface area is 218 Å². The predicted molar refractivity (Wildman–Crippen MR) is 145 cm³/mol. The number of nitro benzene ring substituents is 1. The fourth-order valence-electron chi connectivity index (χ4n) is 4.13. The highest BCUT2D eigenvalue weighted by molar-refractivity contribution is 6.00. The van der Waals surface area contributed by atoms with Gasteiger partial charge in [-0.25, -0.2) is 0 Å². The molecule has 0 aliphatic rings. The second-order valence-electron chi connectivity index (χ2n) is 8.71. The fourth-order valence-corrected chi connectivity index (χ4v) is 4.13. The van der Waals surface area contributed by atoms with Crippen molar-refractivity contribution in [3.8, 4) is 0 Å². The summed E-state index contributed by atoms with van der Waals surface area (Å²) in [6.07, 6.45) is 0.706. The van der Waals surface area contributed by atoms with E-state index in [4.69, 9.17) is 0 Å². The quantitative estimate of drug-likeness (QED) is 0.242. The van der Waals surface area contributed by atoms with E-state index in [2.05, 4.69) is 18.7 Å². The molecule has 0 atom stereocenters. The second-order valence-corrected chi connectivity index (χ2v) is 8.71. The number of benzene rings is 3. The monoisotopic (exact) mass is 502 g/mol. The summed E-state index contributed by atoms with van der Waals surface area (Å²) in [6, 6.07) is 24.7. The largest absolute Gasteiger partial charge is 0.329 e. The zero-order valence-corrected chi connectivity index (χ0v) is 21.5. The maximum absolute atomic E-state index is 13.7. The van der Waals surface area contributed by atoms with Crippen LogP contribution < -0.4 is 4.90 Å². The molecule has 0 unspecified atom stereocenters. The third-order valence-electron chi connectivity index (χ3n) is 6.29. The SMILES string of the molecule is CCN(CC)CCCN(CC(=O)N(Cc1ccccc1)c1ccccc1)C(=O)c1ccc([N+](=O)[O-])cc1. The molecule has 0 radical (unpaired) electrons. The number of hydrogen-bond acceptors (Lipinski definition) is 5. The van der Waals surface area contributed by atoms with E-state index in [1.54, 1.807) is 9.80 Å². The molecule has 0 aliphatic carbocycles. The first-order chi connectivity index (χ1) is 17.9. The van der Waals surface area contributed by atoms with E-state index in [0.29, 0.717) is 25.1 Å². The van der Waals surface area contributed by atoms with Gasteiger partial charge in [0.25, 0.3) is 11.6 Å². The van der Waals surface area contributed by atoms with Crippen LogP contribution in [0.5, 0.6) is 0 Å². The average Bonchev–Trinajstić information content (AvgIpc) is 2.94. The molecule has 0 bridgehead atoms. The lowest BCUT2D eigenvalue weighted by atomic mass is 10.1. The number of amides is 2. The van der Waals surface area contributed by atoms with Crippen molar-refractivity contribution in [3.63, 3.8) is 0 Å². The Morgan fingerprint density at radius 3 is 1.97 bits per heavy atom. The molecule has 8 heteroatoms. The van der Waals surface area contributed by atoms with Crippen LogP contribution in [0, 0.1) is 10.1 Å². The number of nitrogens with zero attached hydrogens (tertiary/aromatic N) is 4. The van der Waals surface area contributed by atoms with E-state index in [1.807, 2.05) is 60.7 Å². The standard InChI is InChI=1S/C29H34N4O4/c1-3-30(4-2)20-11-21-31(29(35)25-16-18-27(19-17-25)33(36)37)23-28(34)32(26-14-9-6-10-15-26)22-24-12-7-5-8-13-24/h5-10,12-19H,3-4,11,20-23H2,1-2H3. The topological polar surface area (TPSA) is 87.0 Å². The molecule has 0 fully saturated rings. The third kappa shape index (κ3) is 7.98. The van der Waals surface area contributed by atoms with E-state index in [9.17, 15) is 19.7 Å². The van der Waals surface area contributed by atoms with Crippen LogP contribution in [0.15, 0.2) is 84.9 Å². The molecule has 37 heavy (non-hydrogen) atoms. The first kappa shape index (κ1) is 27.5. The molecule has 0 N–H and O–H groups in total. The number of rotatable bonds is 13. The molecule has 3 aromatic carbocycles. The molecule has 0 spiro atoms. The Balaban J connectivity index is 1.84. The van der Waals surface area contributed by atoms with Gasteiger partial charge in [0.1, 0.15) is 6.54 Å². The van der Waals surface area contributed by atoms with Gasteiger partial charge in [0.15, 0.2) is 0 Å². The van der Waals surface area contributed by atoms with Gasteiger partial charge in [0.05, 0.1) is 11.5 Å². The van der Waals surface area contributed by atoms with Crippen molar-refractivity contribution < 1.29 is 14.5 Å². The van der Waals surface area contributed by atoms with Crippen LogP contribution >= 0.6 is 0 Å². The van der Waals surface area contributed by atoms with Crippen LogP contribution in [0.1, 0.15) is 36.2 Å². The molecular weight excluding hydrogens is 468 g/mol. The molecule has 3 rings (SSSR count). The van der Waals surface area contributed by atoms with Gasteiger partial charge in [-0.1, -0.05) is 62.4 Å². The minimum Gasteiger partial charge on any atom is -0.329 e. The molecule has 3 aromatic rings. The summed E-state index contributed by atoms with van der Waals surface area (Å²) >= 11 is 0. The van der Waals surface area contributed by atoms with Crippen LogP contribution in [0.4, 0.5) is 11.4 Å². The van der Waals surface area contributed by atoms with E-state index in [-0.39, 0.29) is 24.0 Å². The molecule has 0 aromatic heterocycles. The summed E-state index contributed by atoms with van der Waals surface area (Å²) in [4.78, 5) is 43.2. The number of carbonyl (C=O) groups excluding carboxylic acids is 2. The van der Waals surface area contributed by atoms with Gasteiger partial charge in [-0.15, -0.1) is 0 Å². The zero-order chi connectivity index (χ0) is 26.6. The summed E-state index contributed by atoms with van der Waals surface area (Å²) in [5.74, 6) is -0.524. The first-order valence-electron chi connectivity index (χ1n) is 12.6. The summed E-state index contributed by atoms with van der Waals surface area (Å²) < 4.78 is 0. The van der Waals surface area contributed by atoms with Crippen LogP contribution in [-0.4, -0.2) is 59.3 Å². The Morgan fingerprint density at radius 1 is 0.811 bits per heavy atom. The van der Waals surface area contributed by atoms with E-state index in [1.165, 1.54) is 24.3 Å². The Morgan fingerprint density at radius 2 is 1.41 bits per heavy atom. The number of nitro groups is 1. The highest BCUT2D eigenvalue weighted by Gasteiger charge is 2.24. The van der Waals surface area contributed by atoms with Crippen molar-refractivity contribution in [3.05, 3.63) is 106 Å². The minimum absolute atomic E-state index is 0.0844. The number of non-ortho nitro benzene ring substituents is 1. The first-order valence-corrected chi connectivity index (χ1v) is 12.6. The lowest BCUT2D eigenvalue weighted by Crippen LogP contribution is -2.44. The average molecular weight is 503 g/mol. The highest BCUT2D eigenvalue weighted by Crippen LogP contribution is 2.19. The van der Waals surface area contributed by atoms with Crippen molar-refractivity contribution in [2.24, 2.45) is 0 Å². The van der Waals surface area contributed by atoms with Crippen LogP contribution in [0.3, 0.4) is 0 Å². The van der Waals surface area contributed by atoms with Gasteiger partial charge >= 0.3 is 0 Å². The third-order valence-corrected chi connectivity index (χ3v) is 6.29. The number of carbonyl (C=O) groups is 2. The maximum atomic E-state index is 13.7. The summed E-state index contributed by atoms with van der Waals surface area (Å²) in [5, 5.41) is 11.0. The van der Waals surface area contributed by atoms with E-state index < -0.39 is 4.92 Å². The van der Waals surface area contributed by atoms with Crippen LogP contribution in [-0.2, 0) is 11.3 Å².